The number of nitrogens with two attached hydrogens (primary N) is 1. The zero-order valence-electron chi connectivity index (χ0n) is 35.5. The van der Waals surface area contributed by atoms with Crippen molar-refractivity contribution in [2.24, 2.45) is 5.73 Å². The third-order valence-corrected chi connectivity index (χ3v) is 11.0. The van der Waals surface area contributed by atoms with Crippen LogP contribution in [0.1, 0.15) is 206 Å². The Balaban J connectivity index is 4.29. The molecule has 0 aromatic heterocycles. The number of allylic oxidation sites excluding steroid dienone is 5. The molecule has 0 heterocycles. The Labute approximate surface area is 338 Å². The lowest BCUT2D eigenvalue weighted by atomic mass is 10.0. The molecule has 0 aromatic carbocycles. The molecule has 0 fully saturated rings. The molecule has 0 aliphatic carbocycles. The van der Waals surface area contributed by atoms with Crippen LogP contribution in [0.25, 0.3) is 0 Å². The molecule has 0 rings (SSSR count). The van der Waals surface area contributed by atoms with E-state index in [4.69, 9.17) is 14.8 Å². The van der Waals surface area contributed by atoms with Crippen molar-refractivity contribution in [1.82, 2.24) is 5.32 Å². The molecule has 0 bridgehead atoms. The predicted octanol–water partition coefficient (Wildman–Crippen LogP) is 11.7. The maximum Gasteiger partial charge on any atom is 0.472 e. The SMILES string of the molecule is CCCCCC/C=C/CC/C=C/CC/C=C/C(O)C(COP(=O)(O)OCCN)NC(=O)CC(O)CCCCCCCCCCCCCCCCCCCCC. The number of carbonyl (C=O) groups is 1. The fraction of sp³-hybridized carbons (Fsp3) is 0.844. The number of phosphoric acid groups is 1. The first-order valence-electron chi connectivity index (χ1n) is 22.7. The van der Waals surface area contributed by atoms with Gasteiger partial charge in [0.1, 0.15) is 0 Å². The van der Waals surface area contributed by atoms with Crippen LogP contribution < -0.4 is 11.1 Å². The molecular weight excluding hydrogens is 711 g/mol. The Morgan fingerprint density at radius 2 is 1.04 bits per heavy atom. The van der Waals surface area contributed by atoms with Gasteiger partial charge in [-0.15, -0.1) is 0 Å². The smallest absolute Gasteiger partial charge is 0.393 e. The highest BCUT2D eigenvalue weighted by Crippen LogP contribution is 2.43. The van der Waals surface area contributed by atoms with Crippen LogP contribution in [-0.4, -0.2) is 59.0 Å². The van der Waals surface area contributed by atoms with E-state index in [1.807, 2.05) is 6.08 Å². The Bertz CT molecular complexity index is 977. The first-order valence-corrected chi connectivity index (χ1v) is 24.2. The Kier molecular flexibility index (Phi) is 39.9. The van der Waals surface area contributed by atoms with Gasteiger partial charge in [-0.1, -0.05) is 192 Å². The van der Waals surface area contributed by atoms with Gasteiger partial charge in [-0.3, -0.25) is 13.8 Å². The van der Waals surface area contributed by atoms with Gasteiger partial charge in [0.2, 0.25) is 5.91 Å². The number of unbranched alkanes of at least 4 members (excludes halogenated alkanes) is 24. The highest BCUT2D eigenvalue weighted by Gasteiger charge is 2.27. The molecule has 4 atom stereocenters. The second-order valence-electron chi connectivity index (χ2n) is 15.4. The first-order chi connectivity index (χ1) is 26.8. The van der Waals surface area contributed by atoms with Crippen molar-refractivity contribution in [3.63, 3.8) is 0 Å². The molecule has 6 N–H and O–H groups in total. The van der Waals surface area contributed by atoms with Crippen LogP contribution in [0.15, 0.2) is 36.5 Å². The predicted molar refractivity (Wildman–Crippen MR) is 232 cm³/mol. The Morgan fingerprint density at radius 3 is 1.51 bits per heavy atom. The average molecular weight is 799 g/mol. The van der Waals surface area contributed by atoms with Gasteiger partial charge in [0.15, 0.2) is 0 Å². The van der Waals surface area contributed by atoms with E-state index >= 15 is 0 Å². The first kappa shape index (κ1) is 53.7. The lowest BCUT2D eigenvalue weighted by Gasteiger charge is -2.24. The minimum atomic E-state index is -4.41. The van der Waals surface area contributed by atoms with E-state index in [1.54, 1.807) is 6.08 Å². The zero-order valence-corrected chi connectivity index (χ0v) is 36.4. The van der Waals surface area contributed by atoms with Crippen molar-refractivity contribution < 1.29 is 33.5 Å². The minimum absolute atomic E-state index is 0.0428. The van der Waals surface area contributed by atoms with Gasteiger partial charge in [0, 0.05) is 6.54 Å². The lowest BCUT2D eigenvalue weighted by molar-refractivity contribution is -0.124. The number of phosphoric ester groups is 1. The number of carbonyl (C=O) groups excluding carboxylic acids is 1. The van der Waals surface area contributed by atoms with Crippen LogP contribution >= 0.6 is 7.82 Å². The molecule has 0 aromatic rings. The van der Waals surface area contributed by atoms with Crippen LogP contribution in [0.2, 0.25) is 0 Å². The zero-order chi connectivity index (χ0) is 40.5. The summed E-state index contributed by atoms with van der Waals surface area (Å²) in [5, 5.41) is 24.0. The van der Waals surface area contributed by atoms with Gasteiger partial charge in [-0.05, 0) is 44.9 Å². The van der Waals surface area contributed by atoms with Crippen LogP contribution in [-0.2, 0) is 18.4 Å². The van der Waals surface area contributed by atoms with Crippen molar-refractivity contribution in [1.29, 1.82) is 0 Å². The number of rotatable bonds is 42. The molecule has 10 heteroatoms. The van der Waals surface area contributed by atoms with Crippen molar-refractivity contribution >= 4 is 13.7 Å². The van der Waals surface area contributed by atoms with Gasteiger partial charge in [-0.25, -0.2) is 4.57 Å². The van der Waals surface area contributed by atoms with Crippen LogP contribution in [0, 0.1) is 0 Å². The number of hydrogen-bond acceptors (Lipinski definition) is 7. The van der Waals surface area contributed by atoms with Crippen LogP contribution in [0.5, 0.6) is 0 Å². The van der Waals surface area contributed by atoms with Crippen molar-refractivity contribution in [3.05, 3.63) is 36.5 Å². The maximum absolute atomic E-state index is 12.8. The molecule has 0 aliphatic rings. The number of hydrogen-bond donors (Lipinski definition) is 5. The third kappa shape index (κ3) is 39.3. The van der Waals surface area contributed by atoms with Gasteiger partial charge < -0.3 is 26.2 Å². The second-order valence-corrected chi connectivity index (χ2v) is 16.9. The highest BCUT2D eigenvalue weighted by molar-refractivity contribution is 7.47. The summed E-state index contributed by atoms with van der Waals surface area (Å²) in [6.07, 6.45) is 45.2. The third-order valence-electron chi connectivity index (χ3n) is 10.0. The summed E-state index contributed by atoms with van der Waals surface area (Å²) in [6, 6.07) is -1.00. The number of aliphatic hydroxyl groups excluding tert-OH is 2. The average Bonchev–Trinajstić information content (AvgIpc) is 3.16. The maximum atomic E-state index is 12.8. The van der Waals surface area contributed by atoms with Crippen molar-refractivity contribution in [2.75, 3.05) is 19.8 Å². The number of nitrogens with one attached hydrogen (secondary N) is 1. The van der Waals surface area contributed by atoms with Gasteiger partial charge >= 0.3 is 7.82 Å². The summed E-state index contributed by atoms with van der Waals surface area (Å²) < 4.78 is 22.1. The Morgan fingerprint density at radius 1 is 0.618 bits per heavy atom. The molecule has 0 radical (unpaired) electrons. The van der Waals surface area contributed by atoms with Crippen molar-refractivity contribution in [3.8, 4) is 0 Å². The molecule has 4 unspecified atom stereocenters. The molecule has 0 spiro atoms. The van der Waals surface area contributed by atoms with E-state index in [-0.39, 0.29) is 19.6 Å². The summed E-state index contributed by atoms with van der Waals surface area (Å²) in [6.45, 7) is 3.93. The van der Waals surface area contributed by atoms with E-state index < -0.39 is 38.6 Å². The minimum Gasteiger partial charge on any atom is -0.393 e. The quantitative estimate of drug-likeness (QED) is 0.0233. The molecular formula is C45H87N2O7P. The van der Waals surface area contributed by atoms with Crippen LogP contribution in [0.4, 0.5) is 0 Å². The number of aliphatic hydroxyl groups is 2. The fourth-order valence-electron chi connectivity index (χ4n) is 6.56. The molecule has 0 aliphatic heterocycles. The van der Waals surface area contributed by atoms with E-state index in [9.17, 15) is 24.5 Å². The summed E-state index contributed by atoms with van der Waals surface area (Å²) in [4.78, 5) is 22.8. The van der Waals surface area contributed by atoms with Gasteiger partial charge in [0.25, 0.3) is 0 Å². The van der Waals surface area contributed by atoms with E-state index in [0.717, 1.165) is 44.9 Å². The largest absolute Gasteiger partial charge is 0.472 e. The summed E-state index contributed by atoms with van der Waals surface area (Å²) >= 11 is 0. The standard InChI is InChI=1S/C45H87N2O7P/c1-3-5-7-9-11-13-15-17-19-20-21-22-23-24-26-28-30-32-34-36-42(48)40-45(50)47-43(41-54-55(51,52)53-39-38-46)44(49)37-35-33-31-29-27-25-18-16-14-12-10-8-6-4-2/h14,16,27,29,35,37,42-44,48-49H,3-13,15,17-26,28,30-34,36,38-41,46H2,1-2H3,(H,47,50)(H,51,52)/b16-14+,29-27+,37-35+. The lowest BCUT2D eigenvalue weighted by Crippen LogP contribution is -2.46. The summed E-state index contributed by atoms with van der Waals surface area (Å²) in [7, 11) is -4.41. The van der Waals surface area contributed by atoms with E-state index in [0.29, 0.717) is 12.8 Å². The monoisotopic (exact) mass is 799 g/mol. The Hall–Kier alpha value is -1.32. The highest BCUT2D eigenvalue weighted by atomic mass is 31.2. The van der Waals surface area contributed by atoms with Crippen LogP contribution in [0.3, 0.4) is 0 Å². The molecule has 1 amide bonds. The topological polar surface area (TPSA) is 151 Å². The second kappa shape index (κ2) is 40.9. The van der Waals surface area contributed by atoms with Crippen molar-refractivity contribution in [2.45, 2.75) is 225 Å². The summed E-state index contributed by atoms with van der Waals surface area (Å²) in [5.74, 6) is -0.458. The molecule has 0 saturated carbocycles. The number of amides is 1. The molecule has 9 nitrogen and oxygen atoms in total. The van der Waals surface area contributed by atoms with E-state index in [2.05, 4.69) is 43.5 Å². The fourth-order valence-corrected chi connectivity index (χ4v) is 7.32. The molecule has 0 saturated heterocycles. The molecule has 324 valence electrons. The van der Waals surface area contributed by atoms with Gasteiger partial charge in [0.05, 0.1) is 37.9 Å². The van der Waals surface area contributed by atoms with Gasteiger partial charge in [-0.2, -0.15) is 0 Å². The summed E-state index contributed by atoms with van der Waals surface area (Å²) in [5.41, 5.74) is 5.36. The normalized spacial score (nSPS) is 14.9. The van der Waals surface area contributed by atoms with E-state index in [1.165, 1.54) is 128 Å². The molecule has 55 heavy (non-hydrogen) atoms.